The number of methoxy groups -OCH3 is 1. The lowest BCUT2D eigenvalue weighted by Gasteiger charge is -2.14. The summed E-state index contributed by atoms with van der Waals surface area (Å²) in [6, 6.07) is 8.21. The summed E-state index contributed by atoms with van der Waals surface area (Å²) in [6.07, 6.45) is 5.30. The second kappa shape index (κ2) is 12.3. The Balaban J connectivity index is 1.64. The van der Waals surface area contributed by atoms with Crippen molar-refractivity contribution < 1.29 is 23.8 Å². The molecule has 0 aliphatic heterocycles. The highest BCUT2D eigenvalue weighted by atomic mass is 35.5. The van der Waals surface area contributed by atoms with Crippen molar-refractivity contribution in [3.05, 3.63) is 53.1 Å². The maximum absolute atomic E-state index is 13.4. The van der Waals surface area contributed by atoms with E-state index in [2.05, 4.69) is 15.3 Å². The van der Waals surface area contributed by atoms with E-state index in [1.807, 2.05) is 6.07 Å². The lowest BCUT2D eigenvalue weighted by atomic mass is 10.1. The summed E-state index contributed by atoms with van der Waals surface area (Å²) in [6.45, 7) is 0.524. The van der Waals surface area contributed by atoms with Crippen LogP contribution in [-0.2, 0) is 11.3 Å². The number of ether oxygens (including phenoxy) is 2. The largest absolute Gasteiger partial charge is 0.493 e. The van der Waals surface area contributed by atoms with Crippen molar-refractivity contribution in [3.63, 3.8) is 0 Å². The molecule has 7 nitrogen and oxygen atoms in total. The quantitative estimate of drug-likeness (QED) is 0.338. The number of aliphatic hydroxyl groups excluding tert-OH is 1. The van der Waals surface area contributed by atoms with Gasteiger partial charge >= 0.3 is 0 Å². The Kier molecular flexibility index (Phi) is 9.21. The summed E-state index contributed by atoms with van der Waals surface area (Å²) in [5, 5.41) is 12.8. The van der Waals surface area contributed by atoms with Gasteiger partial charge in [0.1, 0.15) is 24.6 Å². The van der Waals surface area contributed by atoms with E-state index < -0.39 is 5.82 Å². The predicted molar refractivity (Wildman–Crippen MR) is 125 cm³/mol. The van der Waals surface area contributed by atoms with Crippen molar-refractivity contribution in [3.8, 4) is 11.5 Å². The number of nitrogens with one attached hydrogen (secondary N) is 1. The van der Waals surface area contributed by atoms with Crippen LogP contribution in [0.25, 0.3) is 10.9 Å². The van der Waals surface area contributed by atoms with Gasteiger partial charge in [0.25, 0.3) is 0 Å². The molecule has 2 aromatic carbocycles. The second-order valence-electron chi connectivity index (χ2n) is 7.55. The molecule has 3 rings (SSSR count). The minimum atomic E-state index is -0.458. The molecule has 3 aromatic rings. The van der Waals surface area contributed by atoms with Gasteiger partial charge in [-0.1, -0.05) is 30.5 Å². The number of benzene rings is 2. The van der Waals surface area contributed by atoms with Crippen LogP contribution in [-0.4, -0.2) is 41.2 Å². The summed E-state index contributed by atoms with van der Waals surface area (Å²) in [4.78, 5) is 19.8. The molecular weight excluding hydrogens is 449 g/mol. The van der Waals surface area contributed by atoms with Gasteiger partial charge in [0.05, 0.1) is 24.3 Å². The number of fused-ring (bicyclic) bond motifs is 1. The summed E-state index contributed by atoms with van der Waals surface area (Å²) in [5.41, 5.74) is 1.52. The van der Waals surface area contributed by atoms with Crippen LogP contribution in [0.5, 0.6) is 11.5 Å². The molecule has 0 amide bonds. The molecule has 0 fully saturated rings. The van der Waals surface area contributed by atoms with Gasteiger partial charge in [-0.3, -0.25) is 4.79 Å². The van der Waals surface area contributed by atoms with Crippen LogP contribution in [0.2, 0.25) is 5.02 Å². The maximum Gasteiger partial charge on any atom is 0.162 e. The van der Waals surface area contributed by atoms with Crippen LogP contribution in [0.15, 0.2) is 36.7 Å². The number of ketones is 1. The Bertz CT molecular complexity index is 1100. The lowest BCUT2D eigenvalue weighted by molar-refractivity contribution is -0.121. The average molecular weight is 476 g/mol. The summed E-state index contributed by atoms with van der Waals surface area (Å²) >= 11 is 5.87. The van der Waals surface area contributed by atoms with Crippen molar-refractivity contribution in [1.82, 2.24) is 9.97 Å². The zero-order chi connectivity index (χ0) is 23.6. The van der Waals surface area contributed by atoms with Gasteiger partial charge < -0.3 is 19.9 Å². The molecule has 1 heterocycles. The van der Waals surface area contributed by atoms with Crippen LogP contribution in [0, 0.1) is 5.82 Å². The third-order valence-corrected chi connectivity index (χ3v) is 5.44. The van der Waals surface area contributed by atoms with E-state index in [1.165, 1.54) is 12.4 Å². The van der Waals surface area contributed by atoms with Crippen LogP contribution in [0.1, 0.15) is 37.7 Å². The smallest absolute Gasteiger partial charge is 0.162 e. The number of aromatic nitrogens is 2. The van der Waals surface area contributed by atoms with Gasteiger partial charge in [-0.25, -0.2) is 14.4 Å². The highest BCUT2D eigenvalue weighted by molar-refractivity contribution is 6.30. The molecule has 0 radical (unpaired) electrons. The molecule has 0 saturated heterocycles. The Morgan fingerprint density at radius 3 is 2.70 bits per heavy atom. The molecule has 9 heteroatoms. The number of aliphatic hydroxyl groups is 1. The Labute approximate surface area is 196 Å². The van der Waals surface area contributed by atoms with Crippen molar-refractivity contribution in [2.24, 2.45) is 0 Å². The van der Waals surface area contributed by atoms with Gasteiger partial charge in [-0.2, -0.15) is 0 Å². The Morgan fingerprint density at radius 2 is 1.94 bits per heavy atom. The first-order chi connectivity index (χ1) is 16.0. The van der Waals surface area contributed by atoms with E-state index in [9.17, 15) is 9.18 Å². The summed E-state index contributed by atoms with van der Waals surface area (Å²) in [5.74, 6) is 1.19. The standard InChI is InChI=1S/C24H27ClFN3O4/c1-32-22-12-21-18(11-23(22)33-9-5-3-2-4-6-17(31)14-30)24(29-15-28-21)27-13-16-7-8-20(26)19(25)10-16/h7-8,10-12,15,30H,2-6,9,13-14H2,1H3,(H,27,28,29). The summed E-state index contributed by atoms with van der Waals surface area (Å²) < 4.78 is 24.8. The SMILES string of the molecule is COc1cc2ncnc(NCc3ccc(F)c(Cl)c3)c2cc1OCCCCCCC(=O)CO. The molecule has 33 heavy (non-hydrogen) atoms. The lowest BCUT2D eigenvalue weighted by Crippen LogP contribution is -2.04. The van der Waals surface area contributed by atoms with Crippen molar-refractivity contribution in [2.45, 2.75) is 38.6 Å². The zero-order valence-corrected chi connectivity index (χ0v) is 19.2. The Morgan fingerprint density at radius 1 is 1.12 bits per heavy atom. The molecule has 0 bridgehead atoms. The fraction of sp³-hybridized carbons (Fsp3) is 0.375. The monoisotopic (exact) mass is 475 g/mol. The number of nitrogens with zero attached hydrogens (tertiary/aromatic N) is 2. The van der Waals surface area contributed by atoms with Crippen LogP contribution in [0.3, 0.4) is 0 Å². The number of carbonyl (C=O) groups is 1. The van der Waals surface area contributed by atoms with E-state index in [0.717, 1.165) is 36.6 Å². The molecular formula is C24H27ClFN3O4. The number of hydrogen-bond acceptors (Lipinski definition) is 7. The molecule has 0 atom stereocenters. The van der Waals surface area contributed by atoms with Gasteiger partial charge in [-0.05, 0) is 36.6 Å². The highest BCUT2D eigenvalue weighted by Gasteiger charge is 2.12. The molecule has 0 aliphatic carbocycles. The highest BCUT2D eigenvalue weighted by Crippen LogP contribution is 2.34. The predicted octanol–water partition coefficient (Wildman–Crippen LogP) is 4.93. The minimum absolute atomic E-state index is 0.0715. The van der Waals surface area contributed by atoms with Gasteiger partial charge in [0.2, 0.25) is 0 Å². The number of rotatable bonds is 13. The minimum Gasteiger partial charge on any atom is -0.493 e. The fourth-order valence-corrected chi connectivity index (χ4v) is 3.55. The topological polar surface area (TPSA) is 93.6 Å². The van der Waals surface area contributed by atoms with Crippen molar-refractivity contribution in [2.75, 3.05) is 25.6 Å². The van der Waals surface area contributed by atoms with Gasteiger partial charge in [0, 0.05) is 24.4 Å². The number of Topliss-reactive ketones (excluding diaryl/α,β-unsaturated/α-hetero) is 1. The molecule has 0 saturated carbocycles. The van der Waals surface area contributed by atoms with E-state index in [-0.39, 0.29) is 17.4 Å². The first kappa shape index (κ1) is 24.7. The van der Waals surface area contributed by atoms with Gasteiger partial charge in [0.15, 0.2) is 17.3 Å². The molecule has 176 valence electrons. The number of unbranched alkanes of at least 4 members (excludes halogenated alkanes) is 3. The van der Waals surface area contributed by atoms with E-state index in [4.69, 9.17) is 26.2 Å². The van der Waals surface area contributed by atoms with Gasteiger partial charge in [-0.15, -0.1) is 0 Å². The molecule has 1 aromatic heterocycles. The van der Waals surface area contributed by atoms with E-state index in [0.29, 0.717) is 42.4 Å². The first-order valence-corrected chi connectivity index (χ1v) is 11.2. The maximum atomic E-state index is 13.4. The van der Waals surface area contributed by atoms with E-state index >= 15 is 0 Å². The van der Waals surface area contributed by atoms with Crippen molar-refractivity contribution in [1.29, 1.82) is 0 Å². The zero-order valence-electron chi connectivity index (χ0n) is 18.4. The van der Waals surface area contributed by atoms with Crippen LogP contribution < -0.4 is 14.8 Å². The first-order valence-electron chi connectivity index (χ1n) is 10.8. The molecule has 2 N–H and O–H groups in total. The third-order valence-electron chi connectivity index (χ3n) is 5.15. The third kappa shape index (κ3) is 7.00. The summed E-state index contributed by atoms with van der Waals surface area (Å²) in [7, 11) is 1.57. The van der Waals surface area contributed by atoms with E-state index in [1.54, 1.807) is 25.3 Å². The second-order valence-corrected chi connectivity index (χ2v) is 7.96. The van der Waals surface area contributed by atoms with Crippen LogP contribution >= 0.6 is 11.6 Å². The normalized spacial score (nSPS) is 10.9. The molecule has 0 spiro atoms. The number of carbonyl (C=O) groups excluding carboxylic acids is 1. The average Bonchev–Trinajstić information content (AvgIpc) is 2.83. The number of hydrogen-bond donors (Lipinski definition) is 2. The van der Waals surface area contributed by atoms with Crippen molar-refractivity contribution >= 4 is 34.1 Å². The molecule has 0 unspecified atom stereocenters. The molecule has 0 aliphatic rings. The van der Waals surface area contributed by atoms with Crippen LogP contribution in [0.4, 0.5) is 10.2 Å². The fourth-order valence-electron chi connectivity index (χ4n) is 3.35. The Hall–Kier alpha value is -2.97. The number of halogens is 2. The number of anilines is 1.